The Morgan fingerprint density at radius 3 is 2.90 bits per heavy atom. The van der Waals surface area contributed by atoms with Crippen LogP contribution in [0.1, 0.15) is 18.7 Å². The van der Waals surface area contributed by atoms with Gasteiger partial charge in [-0.3, -0.25) is 9.69 Å². The fourth-order valence-corrected chi connectivity index (χ4v) is 2.58. The molecule has 0 bridgehead atoms. The number of nitrogens with two attached hydrogens (primary N) is 1. The lowest BCUT2D eigenvalue weighted by atomic mass is 9.96. The van der Waals surface area contributed by atoms with E-state index in [2.05, 4.69) is 9.88 Å². The predicted octanol–water partition coefficient (Wildman–Crippen LogP) is 1.66. The number of amides is 1. The van der Waals surface area contributed by atoms with Crippen LogP contribution in [0.4, 0.5) is 4.39 Å². The summed E-state index contributed by atoms with van der Waals surface area (Å²) in [6.45, 7) is 2.16. The van der Waals surface area contributed by atoms with Crippen molar-refractivity contribution in [3.8, 4) is 0 Å². The first-order valence-corrected chi connectivity index (χ1v) is 6.68. The number of primary amides is 1. The number of aromatic nitrogens is 1. The molecule has 0 atom stereocenters. The van der Waals surface area contributed by atoms with Crippen molar-refractivity contribution < 1.29 is 13.6 Å². The van der Waals surface area contributed by atoms with Crippen molar-refractivity contribution in [3.05, 3.63) is 29.9 Å². The maximum atomic E-state index is 13.1. The summed E-state index contributed by atoms with van der Waals surface area (Å²) in [4.78, 5) is 17.6. The SMILES string of the molecule is NC(=O)C1CCN(Cc2nc3cc(F)ccc3o2)CC1. The van der Waals surface area contributed by atoms with Gasteiger partial charge >= 0.3 is 0 Å². The lowest BCUT2D eigenvalue weighted by Gasteiger charge is -2.29. The highest BCUT2D eigenvalue weighted by Gasteiger charge is 2.24. The lowest BCUT2D eigenvalue weighted by molar-refractivity contribution is -0.123. The summed E-state index contributed by atoms with van der Waals surface area (Å²) in [5.41, 5.74) is 6.43. The zero-order valence-corrected chi connectivity index (χ0v) is 11.0. The Morgan fingerprint density at radius 2 is 2.20 bits per heavy atom. The molecule has 2 N–H and O–H groups in total. The van der Waals surface area contributed by atoms with Gasteiger partial charge in [0.05, 0.1) is 6.54 Å². The third-order valence-electron chi connectivity index (χ3n) is 3.74. The number of likely N-dealkylation sites (tertiary alicyclic amines) is 1. The monoisotopic (exact) mass is 277 g/mol. The van der Waals surface area contributed by atoms with Gasteiger partial charge in [0.1, 0.15) is 11.3 Å². The molecule has 1 aliphatic rings. The molecule has 0 saturated carbocycles. The first-order chi connectivity index (χ1) is 9.61. The number of carbonyl (C=O) groups excluding carboxylic acids is 1. The fraction of sp³-hybridized carbons (Fsp3) is 0.429. The van der Waals surface area contributed by atoms with E-state index in [1.165, 1.54) is 12.1 Å². The van der Waals surface area contributed by atoms with E-state index < -0.39 is 0 Å². The van der Waals surface area contributed by atoms with Crippen molar-refractivity contribution in [3.63, 3.8) is 0 Å². The van der Waals surface area contributed by atoms with E-state index >= 15 is 0 Å². The molecule has 1 amide bonds. The van der Waals surface area contributed by atoms with Crippen molar-refractivity contribution in [2.24, 2.45) is 11.7 Å². The van der Waals surface area contributed by atoms with Crippen LogP contribution >= 0.6 is 0 Å². The highest BCUT2D eigenvalue weighted by Crippen LogP contribution is 2.21. The summed E-state index contributed by atoms with van der Waals surface area (Å²) >= 11 is 0. The zero-order chi connectivity index (χ0) is 14.1. The van der Waals surface area contributed by atoms with Gasteiger partial charge in [0.15, 0.2) is 5.58 Å². The molecule has 0 spiro atoms. The van der Waals surface area contributed by atoms with E-state index in [-0.39, 0.29) is 17.6 Å². The van der Waals surface area contributed by atoms with Gasteiger partial charge in [-0.2, -0.15) is 0 Å². The molecule has 0 unspecified atom stereocenters. The topological polar surface area (TPSA) is 72.4 Å². The molecule has 20 heavy (non-hydrogen) atoms. The second kappa shape index (κ2) is 5.20. The molecule has 1 aromatic carbocycles. The fourth-order valence-electron chi connectivity index (χ4n) is 2.58. The molecular formula is C14H16FN3O2. The van der Waals surface area contributed by atoms with Gasteiger partial charge in [-0.25, -0.2) is 9.37 Å². The first kappa shape index (κ1) is 13.1. The first-order valence-electron chi connectivity index (χ1n) is 6.68. The highest BCUT2D eigenvalue weighted by atomic mass is 19.1. The number of halogens is 1. The van der Waals surface area contributed by atoms with Crippen LogP contribution in [0.15, 0.2) is 22.6 Å². The molecule has 0 aliphatic carbocycles. The van der Waals surface area contributed by atoms with E-state index in [1.54, 1.807) is 6.07 Å². The molecular weight excluding hydrogens is 261 g/mol. The van der Waals surface area contributed by atoms with Crippen LogP contribution in [-0.4, -0.2) is 28.9 Å². The van der Waals surface area contributed by atoms with Crippen LogP contribution in [0.5, 0.6) is 0 Å². The van der Waals surface area contributed by atoms with Crippen LogP contribution in [-0.2, 0) is 11.3 Å². The summed E-state index contributed by atoms with van der Waals surface area (Å²) in [5, 5.41) is 0. The number of fused-ring (bicyclic) bond motifs is 1. The minimum Gasteiger partial charge on any atom is -0.439 e. The molecule has 1 fully saturated rings. The Hall–Kier alpha value is -1.95. The summed E-state index contributed by atoms with van der Waals surface area (Å²) in [7, 11) is 0. The number of carbonyl (C=O) groups is 1. The van der Waals surface area contributed by atoms with Gasteiger partial charge in [0.25, 0.3) is 0 Å². The van der Waals surface area contributed by atoms with Gasteiger partial charge in [0, 0.05) is 12.0 Å². The minimum absolute atomic E-state index is 0.0241. The molecule has 0 radical (unpaired) electrons. The molecule has 1 aliphatic heterocycles. The molecule has 2 heterocycles. The second-order valence-corrected chi connectivity index (χ2v) is 5.17. The number of hydrogen-bond acceptors (Lipinski definition) is 4. The molecule has 3 rings (SSSR count). The van der Waals surface area contributed by atoms with Gasteiger partial charge < -0.3 is 10.2 Å². The minimum atomic E-state index is -0.320. The Labute approximate surface area is 115 Å². The maximum absolute atomic E-state index is 13.1. The van der Waals surface area contributed by atoms with Gasteiger partial charge in [-0.15, -0.1) is 0 Å². The number of nitrogens with zero attached hydrogens (tertiary/aromatic N) is 2. The van der Waals surface area contributed by atoms with Crippen LogP contribution in [0, 0.1) is 11.7 Å². The number of hydrogen-bond donors (Lipinski definition) is 1. The summed E-state index contributed by atoms with van der Waals surface area (Å²) in [6, 6.07) is 4.30. The largest absolute Gasteiger partial charge is 0.439 e. The van der Waals surface area contributed by atoms with Gasteiger partial charge in [0.2, 0.25) is 11.8 Å². The van der Waals surface area contributed by atoms with E-state index in [9.17, 15) is 9.18 Å². The standard InChI is InChI=1S/C14H16FN3O2/c15-10-1-2-12-11(7-10)17-13(20-12)8-18-5-3-9(4-6-18)14(16)19/h1-2,7,9H,3-6,8H2,(H2,16,19). The van der Waals surface area contributed by atoms with E-state index in [1.807, 2.05) is 0 Å². The van der Waals surface area contributed by atoms with Crippen LogP contribution in [0.2, 0.25) is 0 Å². The summed E-state index contributed by atoms with van der Waals surface area (Å²) in [5.74, 6) is 0.00807. The highest BCUT2D eigenvalue weighted by molar-refractivity contribution is 5.76. The molecule has 6 heteroatoms. The van der Waals surface area contributed by atoms with Gasteiger partial charge in [-0.1, -0.05) is 0 Å². The lowest BCUT2D eigenvalue weighted by Crippen LogP contribution is -2.38. The average Bonchev–Trinajstić information content (AvgIpc) is 2.80. The Morgan fingerprint density at radius 1 is 1.45 bits per heavy atom. The normalized spacial score (nSPS) is 17.6. The van der Waals surface area contributed by atoms with E-state index in [0.29, 0.717) is 23.5 Å². The third kappa shape index (κ3) is 2.65. The quantitative estimate of drug-likeness (QED) is 0.926. The van der Waals surface area contributed by atoms with E-state index in [0.717, 1.165) is 25.9 Å². The van der Waals surface area contributed by atoms with Crippen molar-refractivity contribution in [2.75, 3.05) is 13.1 Å². The van der Waals surface area contributed by atoms with Gasteiger partial charge in [-0.05, 0) is 38.1 Å². The number of piperidine rings is 1. The third-order valence-corrected chi connectivity index (χ3v) is 3.74. The van der Waals surface area contributed by atoms with Crippen molar-refractivity contribution >= 4 is 17.0 Å². The van der Waals surface area contributed by atoms with Crippen LogP contribution in [0.25, 0.3) is 11.1 Å². The molecule has 1 aromatic heterocycles. The Kier molecular flexibility index (Phi) is 3.40. The van der Waals surface area contributed by atoms with Crippen LogP contribution < -0.4 is 5.73 Å². The average molecular weight is 277 g/mol. The van der Waals surface area contributed by atoms with Crippen molar-refractivity contribution in [1.29, 1.82) is 0 Å². The number of benzene rings is 1. The molecule has 1 saturated heterocycles. The predicted molar refractivity (Wildman–Crippen MR) is 71.2 cm³/mol. The van der Waals surface area contributed by atoms with E-state index in [4.69, 9.17) is 10.2 Å². The molecule has 2 aromatic rings. The number of rotatable bonds is 3. The molecule has 5 nitrogen and oxygen atoms in total. The Bertz CT molecular complexity index is 632. The number of oxazole rings is 1. The summed E-state index contributed by atoms with van der Waals surface area (Å²) in [6.07, 6.45) is 1.54. The van der Waals surface area contributed by atoms with Crippen molar-refractivity contribution in [1.82, 2.24) is 9.88 Å². The Balaban J connectivity index is 1.66. The smallest absolute Gasteiger partial charge is 0.220 e. The summed E-state index contributed by atoms with van der Waals surface area (Å²) < 4.78 is 18.7. The second-order valence-electron chi connectivity index (χ2n) is 5.17. The molecule has 106 valence electrons. The zero-order valence-electron chi connectivity index (χ0n) is 11.0. The van der Waals surface area contributed by atoms with Crippen LogP contribution in [0.3, 0.4) is 0 Å². The van der Waals surface area contributed by atoms with Crippen molar-refractivity contribution in [2.45, 2.75) is 19.4 Å². The maximum Gasteiger partial charge on any atom is 0.220 e.